The van der Waals surface area contributed by atoms with E-state index in [9.17, 15) is 14.0 Å². The topological polar surface area (TPSA) is 61.4 Å². The quantitative estimate of drug-likeness (QED) is 0.873. The van der Waals surface area contributed by atoms with E-state index < -0.39 is 0 Å². The maximum absolute atomic E-state index is 13.5. The average Bonchev–Trinajstić information content (AvgIpc) is 2.49. The predicted molar refractivity (Wildman–Crippen MR) is 87.7 cm³/mol. The fourth-order valence-electron chi connectivity index (χ4n) is 2.82. The van der Waals surface area contributed by atoms with Crippen LogP contribution in [-0.4, -0.2) is 42.4 Å². The third-order valence-corrected chi connectivity index (χ3v) is 4.02. The van der Waals surface area contributed by atoms with Crippen LogP contribution in [0, 0.1) is 12.7 Å². The Kier molecular flexibility index (Phi) is 6.10. The lowest BCUT2D eigenvalue weighted by atomic mass is 10.1. The average molecular weight is 321 g/mol. The van der Waals surface area contributed by atoms with Gasteiger partial charge in [0.15, 0.2) is 0 Å². The molecule has 1 fully saturated rings. The maximum atomic E-state index is 13.5. The zero-order chi connectivity index (χ0) is 16.8. The number of carbonyl (C=O) groups excluding carboxylic acids is 2. The normalized spacial score (nSPS) is 18.5. The van der Waals surface area contributed by atoms with Crippen molar-refractivity contribution >= 4 is 17.5 Å². The van der Waals surface area contributed by atoms with Crippen LogP contribution in [0.1, 0.15) is 31.7 Å². The van der Waals surface area contributed by atoms with Gasteiger partial charge in [-0.15, -0.1) is 0 Å². The third-order valence-electron chi connectivity index (χ3n) is 4.02. The molecule has 1 unspecified atom stereocenters. The zero-order valence-corrected chi connectivity index (χ0v) is 13.7. The minimum absolute atomic E-state index is 0.0176. The van der Waals surface area contributed by atoms with Crippen LogP contribution in [0.15, 0.2) is 18.2 Å². The van der Waals surface area contributed by atoms with Gasteiger partial charge in [-0.3, -0.25) is 9.59 Å². The molecule has 1 aromatic rings. The standard InChI is InChI=1S/C17H24FN3O2/c1-12-5-6-14(10-16(12)18)20-17(23)7-9-21-8-3-4-15(11-21)19-13(2)22/h5-6,10,15H,3-4,7-9,11H2,1-2H3,(H,19,22)(H,20,23). The number of carbonyl (C=O) groups is 2. The molecule has 1 aliphatic heterocycles. The third kappa shape index (κ3) is 5.63. The zero-order valence-electron chi connectivity index (χ0n) is 13.7. The number of nitrogens with zero attached hydrogens (tertiary/aromatic N) is 1. The predicted octanol–water partition coefficient (Wildman–Crippen LogP) is 2.06. The van der Waals surface area contributed by atoms with Crippen LogP contribution < -0.4 is 10.6 Å². The molecule has 0 aromatic heterocycles. The molecule has 6 heteroatoms. The summed E-state index contributed by atoms with van der Waals surface area (Å²) in [5.41, 5.74) is 1.04. The van der Waals surface area contributed by atoms with Crippen molar-refractivity contribution in [2.24, 2.45) is 0 Å². The number of likely N-dealkylation sites (tertiary alicyclic amines) is 1. The van der Waals surface area contributed by atoms with Crippen molar-refractivity contribution in [2.75, 3.05) is 25.0 Å². The summed E-state index contributed by atoms with van der Waals surface area (Å²) >= 11 is 0. The van der Waals surface area contributed by atoms with Gasteiger partial charge in [0, 0.05) is 38.2 Å². The number of anilines is 1. The molecule has 0 radical (unpaired) electrons. The highest BCUT2D eigenvalue weighted by Crippen LogP contribution is 2.14. The monoisotopic (exact) mass is 321 g/mol. The molecular formula is C17H24FN3O2. The number of piperidine rings is 1. The van der Waals surface area contributed by atoms with E-state index >= 15 is 0 Å². The van der Waals surface area contributed by atoms with E-state index in [1.165, 1.54) is 13.0 Å². The highest BCUT2D eigenvalue weighted by atomic mass is 19.1. The Hall–Kier alpha value is -1.95. The molecule has 2 N–H and O–H groups in total. The van der Waals surface area contributed by atoms with Crippen molar-refractivity contribution in [2.45, 2.75) is 39.2 Å². The summed E-state index contributed by atoms with van der Waals surface area (Å²) < 4.78 is 13.5. The van der Waals surface area contributed by atoms with Crippen molar-refractivity contribution in [3.63, 3.8) is 0 Å². The summed E-state index contributed by atoms with van der Waals surface area (Å²) in [6, 6.07) is 4.84. The molecule has 1 saturated heterocycles. The number of aryl methyl sites for hydroxylation is 1. The largest absolute Gasteiger partial charge is 0.352 e. The first-order chi connectivity index (χ1) is 10.9. The fourth-order valence-corrected chi connectivity index (χ4v) is 2.82. The number of amides is 2. The van der Waals surface area contributed by atoms with Gasteiger partial charge in [-0.2, -0.15) is 0 Å². The molecule has 1 atom stereocenters. The summed E-state index contributed by atoms with van der Waals surface area (Å²) in [5.74, 6) is -0.470. The molecule has 23 heavy (non-hydrogen) atoms. The van der Waals surface area contributed by atoms with Gasteiger partial charge in [0.05, 0.1) is 0 Å². The number of halogens is 1. The Labute approximate surface area is 136 Å². The molecule has 1 aliphatic rings. The van der Waals surface area contributed by atoms with Crippen LogP contribution in [0.25, 0.3) is 0 Å². The van der Waals surface area contributed by atoms with Crippen LogP contribution >= 0.6 is 0 Å². The second-order valence-electron chi connectivity index (χ2n) is 6.10. The summed E-state index contributed by atoms with van der Waals surface area (Å²) in [6.45, 7) is 5.54. The molecule has 0 spiro atoms. The van der Waals surface area contributed by atoms with Crippen molar-refractivity contribution < 1.29 is 14.0 Å². The van der Waals surface area contributed by atoms with E-state index in [1.54, 1.807) is 19.1 Å². The molecule has 0 bridgehead atoms. The second-order valence-corrected chi connectivity index (χ2v) is 6.10. The van der Waals surface area contributed by atoms with E-state index in [1.807, 2.05) is 0 Å². The van der Waals surface area contributed by atoms with Crippen molar-refractivity contribution in [3.8, 4) is 0 Å². The number of hydrogen-bond donors (Lipinski definition) is 2. The first-order valence-corrected chi connectivity index (χ1v) is 7.99. The van der Waals surface area contributed by atoms with Crippen LogP contribution in [0.4, 0.5) is 10.1 Å². The number of nitrogens with one attached hydrogen (secondary N) is 2. The first-order valence-electron chi connectivity index (χ1n) is 7.99. The van der Waals surface area contributed by atoms with Crippen LogP contribution in [0.2, 0.25) is 0 Å². The molecule has 0 aliphatic carbocycles. The molecule has 2 rings (SSSR count). The molecule has 1 heterocycles. The summed E-state index contributed by atoms with van der Waals surface area (Å²) in [7, 11) is 0. The number of benzene rings is 1. The number of rotatable bonds is 5. The number of hydrogen-bond acceptors (Lipinski definition) is 3. The van der Waals surface area contributed by atoms with Crippen molar-refractivity contribution in [1.82, 2.24) is 10.2 Å². The maximum Gasteiger partial charge on any atom is 0.225 e. The van der Waals surface area contributed by atoms with Crippen LogP contribution in [-0.2, 0) is 9.59 Å². The van der Waals surface area contributed by atoms with Crippen LogP contribution in [0.5, 0.6) is 0 Å². The van der Waals surface area contributed by atoms with Gasteiger partial charge in [0.25, 0.3) is 0 Å². The van der Waals surface area contributed by atoms with Gasteiger partial charge in [0.2, 0.25) is 11.8 Å². The van der Waals surface area contributed by atoms with Gasteiger partial charge in [-0.1, -0.05) is 6.07 Å². The van der Waals surface area contributed by atoms with Crippen molar-refractivity contribution in [1.29, 1.82) is 0 Å². The fraction of sp³-hybridized carbons (Fsp3) is 0.529. The molecule has 0 saturated carbocycles. The summed E-state index contributed by atoms with van der Waals surface area (Å²) in [4.78, 5) is 25.3. The molecule has 126 valence electrons. The SMILES string of the molecule is CC(=O)NC1CCCN(CCC(=O)Nc2ccc(C)c(F)c2)C1. The second kappa shape index (κ2) is 8.06. The Morgan fingerprint density at radius 1 is 1.39 bits per heavy atom. The molecule has 5 nitrogen and oxygen atoms in total. The van der Waals surface area contributed by atoms with E-state index in [0.29, 0.717) is 24.2 Å². The highest BCUT2D eigenvalue weighted by molar-refractivity contribution is 5.90. The molecular weight excluding hydrogens is 297 g/mol. The summed E-state index contributed by atoms with van der Waals surface area (Å²) in [6.07, 6.45) is 2.34. The Morgan fingerprint density at radius 2 is 2.17 bits per heavy atom. The lowest BCUT2D eigenvalue weighted by Gasteiger charge is -2.32. The van der Waals surface area contributed by atoms with Gasteiger partial charge in [0.1, 0.15) is 5.82 Å². The Morgan fingerprint density at radius 3 is 2.87 bits per heavy atom. The summed E-state index contributed by atoms with van der Waals surface area (Å²) in [5, 5.41) is 5.65. The van der Waals surface area contributed by atoms with E-state index in [2.05, 4.69) is 15.5 Å². The lowest BCUT2D eigenvalue weighted by molar-refractivity contribution is -0.120. The minimum atomic E-state index is -0.322. The first kappa shape index (κ1) is 17.4. The Bertz CT molecular complexity index is 577. The van der Waals surface area contributed by atoms with Gasteiger partial charge >= 0.3 is 0 Å². The molecule has 2 amide bonds. The van der Waals surface area contributed by atoms with E-state index in [-0.39, 0.29) is 23.7 Å². The van der Waals surface area contributed by atoms with E-state index in [0.717, 1.165) is 25.9 Å². The highest BCUT2D eigenvalue weighted by Gasteiger charge is 2.20. The minimum Gasteiger partial charge on any atom is -0.352 e. The van der Waals surface area contributed by atoms with Gasteiger partial charge in [-0.25, -0.2) is 4.39 Å². The smallest absolute Gasteiger partial charge is 0.225 e. The van der Waals surface area contributed by atoms with Crippen molar-refractivity contribution in [3.05, 3.63) is 29.6 Å². The molecule has 1 aromatic carbocycles. The van der Waals surface area contributed by atoms with Gasteiger partial charge < -0.3 is 15.5 Å². The Balaban J connectivity index is 1.77. The van der Waals surface area contributed by atoms with E-state index in [4.69, 9.17) is 0 Å². The van der Waals surface area contributed by atoms with Crippen LogP contribution in [0.3, 0.4) is 0 Å². The van der Waals surface area contributed by atoms with Gasteiger partial charge in [-0.05, 0) is 44.0 Å². The lowest BCUT2D eigenvalue weighted by Crippen LogP contribution is -2.47.